The molecule has 0 nitrogen and oxygen atoms in total. The minimum atomic E-state index is 1.27. The Bertz CT molecular complexity index is 2610. The first-order valence-electron chi connectivity index (χ1n) is 15.4. The van der Waals surface area contributed by atoms with Gasteiger partial charge in [-0.05, 0) is 109 Å². The number of rotatable bonds is 2. The Morgan fingerprint density at radius 3 is 1.20 bits per heavy atom. The zero-order valence-electron chi connectivity index (χ0n) is 23.9. The molecule has 0 N–H and O–H groups in total. The van der Waals surface area contributed by atoms with E-state index in [0.29, 0.717) is 0 Å². The summed E-state index contributed by atoms with van der Waals surface area (Å²) in [5, 5.41) is 16.1. The Balaban J connectivity index is 1.35. The van der Waals surface area contributed by atoms with Gasteiger partial charge in [0.25, 0.3) is 0 Å². The highest BCUT2D eigenvalue weighted by molar-refractivity contribution is 6.38. The van der Waals surface area contributed by atoms with E-state index in [4.69, 9.17) is 0 Å². The van der Waals surface area contributed by atoms with Gasteiger partial charge in [0, 0.05) is 0 Å². The van der Waals surface area contributed by atoms with E-state index in [9.17, 15) is 0 Å². The zero-order chi connectivity index (χ0) is 28.5. The van der Waals surface area contributed by atoms with Crippen LogP contribution in [-0.4, -0.2) is 0 Å². The quantitative estimate of drug-likeness (QED) is 0.148. The fraction of sp³-hybridized carbons (Fsp3) is 0. The fourth-order valence-electron chi connectivity index (χ4n) is 8.53. The van der Waals surface area contributed by atoms with Crippen LogP contribution in [0.3, 0.4) is 0 Å². The van der Waals surface area contributed by atoms with E-state index < -0.39 is 0 Å². The summed E-state index contributed by atoms with van der Waals surface area (Å²) in [5.41, 5.74) is 10.6. The monoisotopic (exact) mass is 552 g/mol. The molecule has 44 heavy (non-hydrogen) atoms. The van der Waals surface area contributed by atoms with E-state index in [1.54, 1.807) is 0 Å². The van der Waals surface area contributed by atoms with Crippen molar-refractivity contribution in [3.63, 3.8) is 0 Å². The molecule has 9 aromatic rings. The van der Waals surface area contributed by atoms with Gasteiger partial charge in [-0.2, -0.15) is 0 Å². The second kappa shape index (κ2) is 8.01. The smallest absolute Gasteiger partial charge is 0.00134 e. The Labute approximate surface area is 254 Å². The third-order valence-corrected chi connectivity index (χ3v) is 10.3. The molecule has 0 saturated carbocycles. The van der Waals surface area contributed by atoms with Gasteiger partial charge < -0.3 is 0 Å². The lowest BCUT2D eigenvalue weighted by Gasteiger charge is -2.17. The van der Waals surface area contributed by atoms with Crippen LogP contribution >= 0.6 is 0 Å². The molecular weight excluding hydrogens is 528 g/mol. The predicted molar refractivity (Wildman–Crippen MR) is 189 cm³/mol. The average Bonchev–Trinajstić information content (AvgIpc) is 3.66. The van der Waals surface area contributed by atoms with Gasteiger partial charge in [0.1, 0.15) is 0 Å². The highest BCUT2D eigenvalue weighted by Crippen LogP contribution is 2.54. The molecule has 0 heterocycles. The summed E-state index contributed by atoms with van der Waals surface area (Å²) in [6.07, 6.45) is 4.53. The first-order valence-corrected chi connectivity index (χ1v) is 15.4. The van der Waals surface area contributed by atoms with Crippen molar-refractivity contribution in [2.75, 3.05) is 0 Å². The molecule has 0 bridgehead atoms. The van der Waals surface area contributed by atoms with Crippen LogP contribution < -0.4 is 0 Å². The molecule has 2 aliphatic rings. The van der Waals surface area contributed by atoms with Crippen molar-refractivity contribution in [1.29, 1.82) is 0 Å². The van der Waals surface area contributed by atoms with Gasteiger partial charge >= 0.3 is 0 Å². The third kappa shape index (κ3) is 2.70. The summed E-state index contributed by atoms with van der Waals surface area (Å²) < 4.78 is 0. The van der Waals surface area contributed by atoms with Crippen LogP contribution in [0.5, 0.6) is 0 Å². The van der Waals surface area contributed by atoms with E-state index in [1.165, 1.54) is 109 Å². The van der Waals surface area contributed by atoms with Crippen LogP contribution in [0.25, 0.3) is 87.9 Å². The lowest BCUT2D eigenvalue weighted by Crippen LogP contribution is -1.93. The molecule has 0 fully saturated rings. The average molecular weight is 553 g/mol. The number of hydrogen-bond donors (Lipinski definition) is 0. The van der Waals surface area contributed by atoms with Crippen molar-refractivity contribution in [1.82, 2.24) is 0 Å². The molecule has 9 aromatic carbocycles. The van der Waals surface area contributed by atoms with Crippen molar-refractivity contribution >= 4 is 87.9 Å². The number of hydrogen-bond acceptors (Lipinski definition) is 0. The molecule has 0 saturated heterocycles. The summed E-state index contributed by atoms with van der Waals surface area (Å²) >= 11 is 0. The minimum absolute atomic E-state index is 1.27. The first kappa shape index (κ1) is 22.8. The Hall–Kier alpha value is -5.72. The lowest BCUT2D eigenvalue weighted by molar-refractivity contribution is 1.63. The van der Waals surface area contributed by atoms with E-state index >= 15 is 0 Å². The van der Waals surface area contributed by atoms with Gasteiger partial charge in [0.2, 0.25) is 0 Å². The van der Waals surface area contributed by atoms with Gasteiger partial charge in [-0.15, -0.1) is 0 Å². The van der Waals surface area contributed by atoms with Gasteiger partial charge in [-0.1, -0.05) is 146 Å². The highest BCUT2D eigenvalue weighted by atomic mass is 14.3. The summed E-state index contributed by atoms with van der Waals surface area (Å²) in [4.78, 5) is 0. The SMILES string of the molecule is C1=Cc2ccc3c4ccc5c6c(ccc(c7ccc1c2c73)c64)C(c1cccc2ccccc12)=C5c1cccc2ccccc12. The first-order chi connectivity index (χ1) is 21.8. The van der Waals surface area contributed by atoms with E-state index in [2.05, 4.69) is 146 Å². The number of benzene rings is 9. The van der Waals surface area contributed by atoms with Crippen molar-refractivity contribution < 1.29 is 0 Å². The minimum Gasteiger partial charge on any atom is -0.0616 e. The van der Waals surface area contributed by atoms with Crippen LogP contribution in [0.1, 0.15) is 33.4 Å². The van der Waals surface area contributed by atoms with Crippen molar-refractivity contribution in [3.8, 4) is 0 Å². The fourth-order valence-corrected chi connectivity index (χ4v) is 8.53. The summed E-state index contributed by atoms with van der Waals surface area (Å²) in [6, 6.07) is 50.1. The van der Waals surface area contributed by atoms with Crippen LogP contribution in [-0.2, 0) is 0 Å². The molecule has 0 unspecified atom stereocenters. The topological polar surface area (TPSA) is 0 Å². The molecule has 0 radical (unpaired) electrons. The molecule has 0 aliphatic heterocycles. The zero-order valence-corrected chi connectivity index (χ0v) is 23.9. The molecule has 0 heteroatoms. The highest BCUT2D eigenvalue weighted by Gasteiger charge is 2.30. The molecule has 0 atom stereocenters. The Kier molecular flexibility index (Phi) is 4.15. The second-order valence-corrected chi connectivity index (χ2v) is 12.4. The van der Waals surface area contributed by atoms with Crippen LogP contribution in [0.15, 0.2) is 133 Å². The summed E-state index contributed by atoms with van der Waals surface area (Å²) in [7, 11) is 0. The number of fused-ring (bicyclic) bond motifs is 4. The lowest BCUT2D eigenvalue weighted by atomic mass is 9.86. The third-order valence-electron chi connectivity index (χ3n) is 10.3. The van der Waals surface area contributed by atoms with E-state index in [0.717, 1.165) is 0 Å². The molecule has 11 rings (SSSR count). The molecule has 2 aliphatic carbocycles. The van der Waals surface area contributed by atoms with Crippen LogP contribution in [0, 0.1) is 0 Å². The van der Waals surface area contributed by atoms with Gasteiger partial charge in [-0.25, -0.2) is 0 Å². The maximum atomic E-state index is 2.41. The largest absolute Gasteiger partial charge is 0.0616 e. The van der Waals surface area contributed by atoms with Crippen LogP contribution in [0.4, 0.5) is 0 Å². The van der Waals surface area contributed by atoms with Crippen molar-refractivity contribution in [2.24, 2.45) is 0 Å². The second-order valence-electron chi connectivity index (χ2n) is 12.4. The van der Waals surface area contributed by atoms with Crippen molar-refractivity contribution in [3.05, 3.63) is 167 Å². The normalized spacial score (nSPS) is 13.7. The molecule has 0 amide bonds. The van der Waals surface area contributed by atoms with E-state index in [1.807, 2.05) is 0 Å². The maximum absolute atomic E-state index is 2.41. The van der Waals surface area contributed by atoms with Gasteiger partial charge in [0.15, 0.2) is 0 Å². The molecule has 0 aromatic heterocycles. The maximum Gasteiger partial charge on any atom is -0.00134 e. The Morgan fingerprint density at radius 1 is 0.250 bits per heavy atom. The standard InChI is InChI=1S/C44H24/c1-3-11-29-25(7-1)9-5-13-31(29)42-37-23-21-35-33-19-17-27-15-16-28-18-20-34(40(33)39(27)28)36-22-24-38(44(37)41(35)36)43(42)32-14-6-10-26-8-2-4-12-30(26)32/h1-24H. The Morgan fingerprint density at radius 2 is 0.682 bits per heavy atom. The van der Waals surface area contributed by atoms with Crippen molar-refractivity contribution in [2.45, 2.75) is 0 Å². The van der Waals surface area contributed by atoms with Gasteiger partial charge in [0.05, 0.1) is 0 Å². The molecule has 0 spiro atoms. The molecule has 200 valence electrons. The van der Waals surface area contributed by atoms with Gasteiger partial charge in [-0.3, -0.25) is 0 Å². The molecular formula is C44H24. The summed E-state index contributed by atoms with van der Waals surface area (Å²) in [5.74, 6) is 0. The summed E-state index contributed by atoms with van der Waals surface area (Å²) in [6.45, 7) is 0. The predicted octanol–water partition coefficient (Wildman–Crippen LogP) is 11.8. The van der Waals surface area contributed by atoms with Crippen LogP contribution in [0.2, 0.25) is 0 Å². The van der Waals surface area contributed by atoms with E-state index in [-0.39, 0.29) is 0 Å².